The molecule has 2 aliphatic rings. The van der Waals surface area contributed by atoms with Gasteiger partial charge in [0.1, 0.15) is 0 Å². The minimum absolute atomic E-state index is 0.00816. The molecule has 0 saturated heterocycles. The van der Waals surface area contributed by atoms with Gasteiger partial charge < -0.3 is 10.2 Å². The van der Waals surface area contributed by atoms with Crippen LogP contribution in [0.25, 0.3) is 0 Å². The van der Waals surface area contributed by atoms with Crippen molar-refractivity contribution in [2.45, 2.75) is 50.1 Å². The van der Waals surface area contributed by atoms with Crippen LogP contribution in [0, 0.1) is 23.7 Å². The molecule has 0 radical (unpaired) electrons. The molecule has 2 bridgehead atoms. The lowest BCUT2D eigenvalue weighted by Crippen LogP contribution is -2.58. The van der Waals surface area contributed by atoms with Crippen LogP contribution in [0.1, 0.15) is 32.1 Å². The van der Waals surface area contributed by atoms with E-state index in [0.29, 0.717) is 12.8 Å². The number of carboxylic acid groups (broad SMARTS) is 1. The number of aliphatic hydroxyl groups is 1. The molecule has 0 aromatic carbocycles. The average molecular weight is 360 g/mol. The van der Waals surface area contributed by atoms with E-state index in [1.807, 2.05) is 0 Å². The quantitative estimate of drug-likeness (QED) is 0.577. The first-order valence-electron chi connectivity index (χ1n) is 7.53. The molecule has 0 aromatic rings. The third-order valence-electron chi connectivity index (χ3n) is 5.46. The van der Waals surface area contributed by atoms with Gasteiger partial charge in [0.05, 0.1) is 0 Å². The van der Waals surface area contributed by atoms with E-state index in [4.69, 9.17) is 5.11 Å². The van der Waals surface area contributed by atoms with Crippen LogP contribution in [0.5, 0.6) is 0 Å². The van der Waals surface area contributed by atoms with E-state index in [1.54, 1.807) is 0 Å². The molecule has 3 nitrogen and oxygen atoms in total. The molecule has 0 spiro atoms. The number of halogens is 6. The zero-order valence-electron chi connectivity index (χ0n) is 12.6. The van der Waals surface area contributed by atoms with Crippen LogP contribution in [0.2, 0.25) is 0 Å². The number of hydrogen-bond donors (Lipinski definition) is 2. The van der Waals surface area contributed by atoms with Crippen molar-refractivity contribution < 1.29 is 41.4 Å². The maximum absolute atomic E-state index is 12.8. The van der Waals surface area contributed by atoms with Crippen molar-refractivity contribution in [1.82, 2.24) is 0 Å². The highest BCUT2D eigenvalue weighted by Crippen LogP contribution is 2.58. The zero-order chi connectivity index (χ0) is 18.5. The molecule has 0 heterocycles. The number of alkyl halides is 6. The van der Waals surface area contributed by atoms with Crippen LogP contribution >= 0.6 is 0 Å². The number of fused-ring (bicyclic) bond motifs is 2. The Labute approximate surface area is 134 Å². The van der Waals surface area contributed by atoms with Crippen LogP contribution in [0.3, 0.4) is 0 Å². The number of hydrogen-bond acceptors (Lipinski definition) is 2. The molecule has 2 rings (SSSR count). The van der Waals surface area contributed by atoms with Gasteiger partial charge in [-0.05, 0) is 55.8 Å². The minimum atomic E-state index is -5.79. The summed E-state index contributed by atoms with van der Waals surface area (Å²) in [5.74, 6) is -2.60. The zero-order valence-corrected chi connectivity index (χ0v) is 12.6. The first-order valence-corrected chi connectivity index (χ1v) is 7.53. The molecule has 2 aliphatic carbocycles. The standard InChI is InChI=1S/C15H18F6O3/c1-7(12(22)23)2-8-3-10-4-9(8)5-11(10)6-13(24,14(16,17)18)15(19,20)21/h8-11,24H,1-6H2,(H,22,23). The third-order valence-corrected chi connectivity index (χ3v) is 5.46. The second-order valence-corrected chi connectivity index (χ2v) is 6.92. The Kier molecular flexibility index (Phi) is 4.71. The normalized spacial score (nSPS) is 30.6. The molecule has 4 atom stereocenters. The average Bonchev–Trinajstić information content (AvgIpc) is 2.95. The first-order chi connectivity index (χ1) is 10.8. The Morgan fingerprint density at radius 3 is 1.79 bits per heavy atom. The van der Waals surface area contributed by atoms with Crippen LogP contribution in [0.4, 0.5) is 26.3 Å². The van der Waals surface area contributed by atoms with E-state index in [1.165, 1.54) is 0 Å². The maximum Gasteiger partial charge on any atom is 0.426 e. The lowest BCUT2D eigenvalue weighted by atomic mass is 9.75. The molecule has 2 fully saturated rings. The minimum Gasteiger partial charge on any atom is -0.478 e. The molecular formula is C15H18F6O3. The summed E-state index contributed by atoms with van der Waals surface area (Å²) in [6.07, 6.45) is -11.8. The largest absolute Gasteiger partial charge is 0.478 e. The fraction of sp³-hybridized carbons (Fsp3) is 0.800. The number of carboxylic acids is 1. The Bertz CT molecular complexity index is 510. The molecule has 24 heavy (non-hydrogen) atoms. The second-order valence-electron chi connectivity index (χ2n) is 6.92. The van der Waals surface area contributed by atoms with Gasteiger partial charge >= 0.3 is 18.3 Å². The van der Waals surface area contributed by atoms with Crippen molar-refractivity contribution in [3.8, 4) is 0 Å². The van der Waals surface area contributed by atoms with Crippen molar-refractivity contribution >= 4 is 5.97 Å². The molecule has 9 heteroatoms. The van der Waals surface area contributed by atoms with Gasteiger partial charge in [-0.15, -0.1) is 0 Å². The van der Waals surface area contributed by atoms with Crippen LogP contribution in [-0.2, 0) is 4.79 Å². The Balaban J connectivity index is 2.05. The summed E-state index contributed by atoms with van der Waals surface area (Å²) in [7, 11) is 0. The number of carbonyl (C=O) groups is 1. The summed E-state index contributed by atoms with van der Waals surface area (Å²) in [5.41, 5.74) is -4.71. The van der Waals surface area contributed by atoms with Gasteiger partial charge in [0.2, 0.25) is 0 Å². The van der Waals surface area contributed by atoms with Crippen molar-refractivity contribution in [1.29, 1.82) is 0 Å². The predicted octanol–water partition coefficient (Wildman–Crippen LogP) is 3.93. The van der Waals surface area contributed by atoms with Crippen LogP contribution in [0.15, 0.2) is 12.2 Å². The fourth-order valence-electron chi connectivity index (χ4n) is 4.19. The van der Waals surface area contributed by atoms with Gasteiger partial charge in [-0.1, -0.05) is 6.58 Å². The summed E-state index contributed by atoms with van der Waals surface area (Å²) in [6, 6.07) is 0. The Morgan fingerprint density at radius 2 is 1.42 bits per heavy atom. The summed E-state index contributed by atoms with van der Waals surface area (Å²) in [4.78, 5) is 10.8. The van der Waals surface area contributed by atoms with Crippen molar-refractivity contribution in [2.75, 3.05) is 0 Å². The SMILES string of the molecule is C=C(CC1CC2CC1CC2CC(O)(C(F)(F)F)C(F)(F)F)C(=O)O. The number of rotatable bonds is 5. The molecule has 0 aromatic heterocycles. The molecule has 138 valence electrons. The Morgan fingerprint density at radius 1 is 0.958 bits per heavy atom. The maximum atomic E-state index is 12.8. The highest BCUT2D eigenvalue weighted by atomic mass is 19.4. The lowest BCUT2D eigenvalue weighted by Gasteiger charge is -2.37. The van der Waals surface area contributed by atoms with E-state index in [-0.39, 0.29) is 36.2 Å². The van der Waals surface area contributed by atoms with E-state index in [0.717, 1.165) is 0 Å². The molecular weight excluding hydrogens is 342 g/mol. The van der Waals surface area contributed by atoms with Gasteiger partial charge in [0, 0.05) is 5.57 Å². The van der Waals surface area contributed by atoms with Gasteiger partial charge in [-0.25, -0.2) is 4.79 Å². The van der Waals surface area contributed by atoms with Crippen LogP contribution in [-0.4, -0.2) is 34.1 Å². The summed E-state index contributed by atoms with van der Waals surface area (Å²) in [5, 5.41) is 18.1. The summed E-state index contributed by atoms with van der Waals surface area (Å²) < 4.78 is 76.7. The van der Waals surface area contributed by atoms with Gasteiger partial charge in [0.15, 0.2) is 0 Å². The van der Waals surface area contributed by atoms with E-state index in [2.05, 4.69) is 6.58 Å². The lowest BCUT2D eigenvalue weighted by molar-refractivity contribution is -0.373. The van der Waals surface area contributed by atoms with Gasteiger partial charge in [0.25, 0.3) is 5.60 Å². The molecule has 0 aliphatic heterocycles. The molecule has 2 N–H and O–H groups in total. The van der Waals surface area contributed by atoms with Gasteiger partial charge in [-0.3, -0.25) is 0 Å². The third kappa shape index (κ3) is 3.27. The van der Waals surface area contributed by atoms with E-state index >= 15 is 0 Å². The fourth-order valence-corrected chi connectivity index (χ4v) is 4.19. The van der Waals surface area contributed by atoms with E-state index < -0.39 is 36.3 Å². The van der Waals surface area contributed by atoms with Crippen LogP contribution < -0.4 is 0 Å². The summed E-state index contributed by atoms with van der Waals surface area (Å²) >= 11 is 0. The monoisotopic (exact) mass is 360 g/mol. The van der Waals surface area contributed by atoms with Crippen molar-refractivity contribution in [3.05, 3.63) is 12.2 Å². The van der Waals surface area contributed by atoms with Gasteiger partial charge in [-0.2, -0.15) is 26.3 Å². The Hall–Kier alpha value is -1.25. The number of aliphatic carboxylic acids is 1. The topological polar surface area (TPSA) is 57.5 Å². The molecule has 4 unspecified atom stereocenters. The summed E-state index contributed by atoms with van der Waals surface area (Å²) in [6.45, 7) is 3.41. The second kappa shape index (κ2) is 5.93. The molecule has 0 amide bonds. The van der Waals surface area contributed by atoms with Crippen molar-refractivity contribution in [3.63, 3.8) is 0 Å². The highest BCUT2D eigenvalue weighted by molar-refractivity contribution is 5.85. The highest BCUT2D eigenvalue weighted by Gasteiger charge is 2.71. The smallest absolute Gasteiger partial charge is 0.426 e. The first kappa shape index (κ1) is 19.1. The molecule has 2 saturated carbocycles. The van der Waals surface area contributed by atoms with E-state index in [9.17, 15) is 36.2 Å². The van der Waals surface area contributed by atoms with Crippen molar-refractivity contribution in [2.24, 2.45) is 23.7 Å². The predicted molar refractivity (Wildman–Crippen MR) is 70.9 cm³/mol.